The average Bonchev–Trinajstić information content (AvgIpc) is 2.43. The third kappa shape index (κ3) is 1.35. The monoisotopic (exact) mass is 302 g/mol. The molecule has 0 unspecified atom stereocenters. The fraction of sp³-hybridized carbons (Fsp3) is 0.333. The van der Waals surface area contributed by atoms with Crippen LogP contribution in [0.2, 0.25) is 0 Å². The molecule has 2 rings (SSSR count). The largest absolute Gasteiger partial charge is 0.362 e. The number of fused-ring (bicyclic) bond motifs is 1. The number of rotatable bonds is 1. The first kappa shape index (κ1) is 9.70. The predicted octanol–water partition coefficient (Wildman–Crippen LogP) is 1.64. The molecule has 0 aliphatic heterocycles. The van der Waals surface area contributed by atoms with Crippen molar-refractivity contribution in [3.8, 4) is 0 Å². The zero-order valence-electron chi connectivity index (χ0n) is 8.32. The fourth-order valence-electron chi connectivity index (χ4n) is 1.48. The highest BCUT2D eigenvalue weighted by Gasteiger charge is 2.12. The zero-order valence-corrected chi connectivity index (χ0v) is 10.5. The SMILES string of the molecule is CN(C)c1ncnc2c1c(I)cn2C. The minimum absolute atomic E-state index is 0.972. The lowest BCUT2D eigenvalue weighted by Gasteiger charge is -2.11. The topological polar surface area (TPSA) is 34.0 Å². The molecule has 0 saturated heterocycles. The molecule has 2 heterocycles. The number of aryl methyl sites for hydroxylation is 1. The molecule has 14 heavy (non-hydrogen) atoms. The molecule has 0 aromatic carbocycles. The number of anilines is 1. The molecule has 0 fully saturated rings. The molecule has 5 heteroatoms. The van der Waals surface area contributed by atoms with E-state index in [1.165, 1.54) is 3.57 Å². The lowest BCUT2D eigenvalue weighted by molar-refractivity contribution is 0.939. The van der Waals surface area contributed by atoms with E-state index >= 15 is 0 Å². The number of nitrogens with zero attached hydrogens (tertiary/aromatic N) is 4. The Bertz CT molecular complexity index is 475. The Kier molecular flexibility index (Phi) is 2.34. The van der Waals surface area contributed by atoms with E-state index in [1.54, 1.807) is 6.33 Å². The molecule has 0 saturated carbocycles. The summed E-state index contributed by atoms with van der Waals surface area (Å²) in [6.07, 6.45) is 3.67. The van der Waals surface area contributed by atoms with Crippen molar-refractivity contribution >= 4 is 39.4 Å². The number of hydrogen-bond donors (Lipinski definition) is 0. The van der Waals surface area contributed by atoms with Gasteiger partial charge >= 0.3 is 0 Å². The van der Waals surface area contributed by atoms with Crippen LogP contribution < -0.4 is 4.90 Å². The minimum atomic E-state index is 0.972. The van der Waals surface area contributed by atoms with Gasteiger partial charge in [-0.15, -0.1) is 0 Å². The van der Waals surface area contributed by atoms with E-state index in [9.17, 15) is 0 Å². The second-order valence-corrected chi connectivity index (χ2v) is 4.54. The van der Waals surface area contributed by atoms with E-state index in [4.69, 9.17) is 0 Å². The van der Waals surface area contributed by atoms with Crippen LogP contribution in [0.5, 0.6) is 0 Å². The molecule has 0 aliphatic carbocycles. The van der Waals surface area contributed by atoms with Crippen LogP contribution in [0.4, 0.5) is 5.82 Å². The molecular weight excluding hydrogens is 291 g/mol. The van der Waals surface area contributed by atoms with E-state index in [0.29, 0.717) is 0 Å². The third-order valence-corrected chi connectivity index (χ3v) is 2.93. The number of aromatic nitrogens is 3. The van der Waals surface area contributed by atoms with Crippen molar-refractivity contribution in [3.05, 3.63) is 16.1 Å². The summed E-state index contributed by atoms with van der Waals surface area (Å²) >= 11 is 2.31. The maximum atomic E-state index is 4.28. The smallest absolute Gasteiger partial charge is 0.146 e. The van der Waals surface area contributed by atoms with Gasteiger partial charge in [-0.1, -0.05) is 0 Å². The molecule has 0 amide bonds. The molecule has 2 aromatic rings. The van der Waals surface area contributed by atoms with Crippen molar-refractivity contribution in [2.75, 3.05) is 19.0 Å². The summed E-state index contributed by atoms with van der Waals surface area (Å²) in [5.41, 5.74) is 0.980. The van der Waals surface area contributed by atoms with E-state index in [0.717, 1.165) is 16.9 Å². The van der Waals surface area contributed by atoms with Crippen LogP contribution in [0.15, 0.2) is 12.5 Å². The Hall–Kier alpha value is -0.850. The van der Waals surface area contributed by atoms with Crippen molar-refractivity contribution in [3.63, 3.8) is 0 Å². The molecular formula is C9H11IN4. The van der Waals surface area contributed by atoms with Crippen LogP contribution in [-0.2, 0) is 7.05 Å². The molecule has 0 bridgehead atoms. The summed E-state index contributed by atoms with van der Waals surface area (Å²) in [5.74, 6) is 0.972. The standard InChI is InChI=1S/C9H11IN4/c1-13(2)8-7-6(10)4-14(3)9(7)12-5-11-8/h4-5H,1-3H3. The maximum absolute atomic E-state index is 4.28. The highest BCUT2D eigenvalue weighted by atomic mass is 127. The van der Waals surface area contributed by atoms with Crippen LogP contribution in [-0.4, -0.2) is 28.6 Å². The molecule has 0 N–H and O–H groups in total. The van der Waals surface area contributed by atoms with Crippen LogP contribution in [0.3, 0.4) is 0 Å². The highest BCUT2D eigenvalue weighted by molar-refractivity contribution is 14.1. The van der Waals surface area contributed by atoms with Crippen LogP contribution in [0.1, 0.15) is 0 Å². The van der Waals surface area contributed by atoms with E-state index < -0.39 is 0 Å². The first-order chi connectivity index (χ1) is 6.61. The minimum Gasteiger partial charge on any atom is -0.362 e. The quantitative estimate of drug-likeness (QED) is 0.751. The Morgan fingerprint density at radius 1 is 1.36 bits per heavy atom. The van der Waals surface area contributed by atoms with Crippen molar-refractivity contribution in [1.82, 2.24) is 14.5 Å². The van der Waals surface area contributed by atoms with Crippen molar-refractivity contribution in [2.45, 2.75) is 0 Å². The van der Waals surface area contributed by atoms with Crippen molar-refractivity contribution in [1.29, 1.82) is 0 Å². The van der Waals surface area contributed by atoms with Crippen LogP contribution in [0, 0.1) is 3.57 Å². The molecule has 2 aromatic heterocycles. The number of halogens is 1. The Morgan fingerprint density at radius 2 is 2.07 bits per heavy atom. The third-order valence-electron chi connectivity index (χ3n) is 2.11. The Balaban J connectivity index is 2.85. The maximum Gasteiger partial charge on any atom is 0.146 e. The summed E-state index contributed by atoms with van der Waals surface area (Å²) in [6, 6.07) is 0. The first-order valence-corrected chi connectivity index (χ1v) is 5.32. The molecule has 4 nitrogen and oxygen atoms in total. The molecule has 0 radical (unpaired) electrons. The summed E-state index contributed by atoms with van der Waals surface area (Å²) in [4.78, 5) is 10.5. The lowest BCUT2D eigenvalue weighted by atomic mass is 10.3. The second-order valence-electron chi connectivity index (χ2n) is 3.38. The van der Waals surface area contributed by atoms with Crippen LogP contribution >= 0.6 is 22.6 Å². The number of hydrogen-bond acceptors (Lipinski definition) is 3. The molecule has 0 aliphatic rings. The zero-order chi connectivity index (χ0) is 10.3. The molecule has 0 atom stereocenters. The highest BCUT2D eigenvalue weighted by Crippen LogP contribution is 2.27. The normalized spacial score (nSPS) is 10.9. The Labute approximate surface area is 96.1 Å². The van der Waals surface area contributed by atoms with Gasteiger partial charge in [-0.3, -0.25) is 0 Å². The lowest BCUT2D eigenvalue weighted by Crippen LogP contribution is -2.11. The fourth-order valence-corrected chi connectivity index (χ4v) is 2.38. The molecule has 74 valence electrons. The summed E-state index contributed by atoms with van der Waals surface area (Å²) in [6.45, 7) is 0. The van der Waals surface area contributed by atoms with Gasteiger partial charge in [0.25, 0.3) is 0 Å². The van der Waals surface area contributed by atoms with Gasteiger partial charge in [0.1, 0.15) is 17.8 Å². The van der Waals surface area contributed by atoms with Gasteiger partial charge in [0.05, 0.1) is 5.39 Å². The van der Waals surface area contributed by atoms with E-state index in [1.807, 2.05) is 30.6 Å². The average molecular weight is 302 g/mol. The van der Waals surface area contributed by atoms with Gasteiger partial charge in [0.2, 0.25) is 0 Å². The van der Waals surface area contributed by atoms with E-state index in [-0.39, 0.29) is 0 Å². The summed E-state index contributed by atoms with van der Waals surface area (Å²) in [5, 5.41) is 1.13. The van der Waals surface area contributed by atoms with Gasteiger partial charge in [-0.2, -0.15) is 0 Å². The Morgan fingerprint density at radius 3 is 2.71 bits per heavy atom. The van der Waals surface area contributed by atoms with Gasteiger partial charge in [0, 0.05) is 30.9 Å². The van der Waals surface area contributed by atoms with Gasteiger partial charge in [0.15, 0.2) is 0 Å². The molecule has 0 spiro atoms. The predicted molar refractivity (Wildman–Crippen MR) is 65.6 cm³/mol. The first-order valence-electron chi connectivity index (χ1n) is 4.24. The van der Waals surface area contributed by atoms with Crippen LogP contribution in [0.25, 0.3) is 11.0 Å². The summed E-state index contributed by atoms with van der Waals surface area (Å²) < 4.78 is 3.20. The van der Waals surface area contributed by atoms with Gasteiger partial charge < -0.3 is 9.47 Å². The van der Waals surface area contributed by atoms with Gasteiger partial charge in [-0.25, -0.2) is 9.97 Å². The van der Waals surface area contributed by atoms with Crippen molar-refractivity contribution in [2.24, 2.45) is 7.05 Å². The van der Waals surface area contributed by atoms with E-state index in [2.05, 4.69) is 38.8 Å². The summed E-state index contributed by atoms with van der Waals surface area (Å²) in [7, 11) is 5.98. The van der Waals surface area contributed by atoms with Crippen molar-refractivity contribution < 1.29 is 0 Å². The van der Waals surface area contributed by atoms with Gasteiger partial charge in [-0.05, 0) is 22.6 Å². The second kappa shape index (κ2) is 3.38.